The molecule has 4 nitrogen and oxygen atoms in total. The fourth-order valence-electron chi connectivity index (χ4n) is 1.94. The van der Waals surface area contributed by atoms with Gasteiger partial charge in [0.25, 0.3) is 0 Å². The molecule has 0 bridgehead atoms. The summed E-state index contributed by atoms with van der Waals surface area (Å²) in [7, 11) is 0. The van der Waals surface area contributed by atoms with Crippen molar-refractivity contribution in [2.24, 2.45) is 0 Å². The molecule has 0 radical (unpaired) electrons. The predicted molar refractivity (Wildman–Crippen MR) is 74.8 cm³/mol. The van der Waals surface area contributed by atoms with Gasteiger partial charge >= 0.3 is 0 Å². The Morgan fingerprint density at radius 3 is 3.22 bits per heavy atom. The highest BCUT2D eigenvalue weighted by Crippen LogP contribution is 2.22. The fourth-order valence-corrected chi connectivity index (χ4v) is 2.65. The van der Waals surface area contributed by atoms with Crippen LogP contribution < -0.4 is 5.32 Å². The maximum Gasteiger partial charge on any atom is 0.0948 e. The molecule has 0 saturated carbocycles. The molecule has 2 aromatic heterocycles. The van der Waals surface area contributed by atoms with E-state index in [9.17, 15) is 0 Å². The summed E-state index contributed by atoms with van der Waals surface area (Å²) in [6.45, 7) is 3.86. The van der Waals surface area contributed by atoms with E-state index < -0.39 is 0 Å². The molecule has 3 aromatic rings. The lowest BCUT2D eigenvalue weighted by Gasteiger charge is -2.08. The number of nitrogens with one attached hydrogen (secondary N) is 1. The van der Waals surface area contributed by atoms with E-state index in [0.29, 0.717) is 0 Å². The van der Waals surface area contributed by atoms with Crippen molar-refractivity contribution in [2.45, 2.75) is 20.0 Å². The monoisotopic (exact) mass is 258 g/mol. The van der Waals surface area contributed by atoms with Crippen LogP contribution in [-0.4, -0.2) is 14.5 Å². The first-order valence-electron chi connectivity index (χ1n) is 5.93. The molecule has 3 rings (SSSR count). The molecule has 18 heavy (non-hydrogen) atoms. The highest BCUT2D eigenvalue weighted by atomic mass is 32.1. The Morgan fingerprint density at radius 2 is 2.33 bits per heavy atom. The summed E-state index contributed by atoms with van der Waals surface area (Å²) >= 11 is 1.66. The van der Waals surface area contributed by atoms with Crippen molar-refractivity contribution in [3.8, 4) is 0 Å². The Bertz CT molecular complexity index is 656. The lowest BCUT2D eigenvalue weighted by molar-refractivity contribution is 0.719. The van der Waals surface area contributed by atoms with Gasteiger partial charge in [0.05, 0.1) is 34.3 Å². The zero-order valence-corrected chi connectivity index (χ0v) is 10.9. The Hall–Kier alpha value is -1.88. The summed E-state index contributed by atoms with van der Waals surface area (Å²) < 4.78 is 3.35. The van der Waals surface area contributed by atoms with Gasteiger partial charge in [0.2, 0.25) is 0 Å². The van der Waals surface area contributed by atoms with Crippen molar-refractivity contribution < 1.29 is 0 Å². The van der Waals surface area contributed by atoms with Crippen LogP contribution >= 0.6 is 11.3 Å². The molecule has 0 spiro atoms. The highest BCUT2D eigenvalue weighted by Gasteiger charge is 2.02. The van der Waals surface area contributed by atoms with Crippen LogP contribution in [0, 0.1) is 0 Å². The van der Waals surface area contributed by atoms with Gasteiger partial charge in [-0.2, -0.15) is 0 Å². The number of anilines is 1. The summed E-state index contributed by atoms with van der Waals surface area (Å²) in [4.78, 5) is 8.44. The SMILES string of the molecule is CCn1cncc1CNc1ccc2ncsc2c1. The van der Waals surface area contributed by atoms with Gasteiger partial charge in [0.15, 0.2) is 0 Å². The average molecular weight is 258 g/mol. The van der Waals surface area contributed by atoms with Crippen molar-refractivity contribution in [1.82, 2.24) is 14.5 Å². The van der Waals surface area contributed by atoms with Crippen LogP contribution in [0.4, 0.5) is 5.69 Å². The minimum Gasteiger partial charge on any atom is -0.379 e. The van der Waals surface area contributed by atoms with Crippen molar-refractivity contribution in [1.29, 1.82) is 0 Å². The fraction of sp³-hybridized carbons (Fsp3) is 0.231. The van der Waals surface area contributed by atoms with Crippen LogP contribution in [-0.2, 0) is 13.1 Å². The summed E-state index contributed by atoms with van der Waals surface area (Å²) in [5.41, 5.74) is 5.25. The minimum absolute atomic E-state index is 0.790. The van der Waals surface area contributed by atoms with E-state index in [4.69, 9.17) is 0 Å². The van der Waals surface area contributed by atoms with E-state index >= 15 is 0 Å². The number of rotatable bonds is 4. The van der Waals surface area contributed by atoms with E-state index in [-0.39, 0.29) is 0 Å². The van der Waals surface area contributed by atoms with E-state index in [1.54, 1.807) is 11.3 Å². The van der Waals surface area contributed by atoms with Crippen LogP contribution in [0.5, 0.6) is 0 Å². The number of fused-ring (bicyclic) bond motifs is 1. The van der Waals surface area contributed by atoms with E-state index in [0.717, 1.165) is 24.3 Å². The Kier molecular flexibility index (Phi) is 2.98. The molecule has 1 N–H and O–H groups in total. The molecular formula is C13H14N4S. The number of hydrogen-bond acceptors (Lipinski definition) is 4. The van der Waals surface area contributed by atoms with Gasteiger partial charge in [0.1, 0.15) is 0 Å². The standard InChI is InChI=1S/C13H14N4S/c1-2-17-8-14-6-11(17)7-15-10-3-4-12-13(5-10)18-9-16-12/h3-6,8-9,15H,2,7H2,1H3. The van der Waals surface area contributed by atoms with Gasteiger partial charge in [-0.1, -0.05) is 0 Å². The molecular weight excluding hydrogens is 244 g/mol. The molecule has 1 aromatic carbocycles. The third-order valence-electron chi connectivity index (χ3n) is 2.94. The van der Waals surface area contributed by atoms with Crippen LogP contribution in [0.15, 0.2) is 36.2 Å². The van der Waals surface area contributed by atoms with Crippen molar-refractivity contribution in [2.75, 3.05) is 5.32 Å². The molecule has 0 fully saturated rings. The second-order valence-electron chi connectivity index (χ2n) is 4.06. The molecule has 0 amide bonds. The number of nitrogens with zero attached hydrogens (tertiary/aromatic N) is 3. The molecule has 92 valence electrons. The van der Waals surface area contributed by atoms with Crippen LogP contribution in [0.25, 0.3) is 10.2 Å². The Labute approximate surface area is 109 Å². The molecule has 0 atom stereocenters. The number of imidazole rings is 1. The lowest BCUT2D eigenvalue weighted by atomic mass is 10.3. The van der Waals surface area contributed by atoms with Gasteiger partial charge in [0, 0.05) is 18.4 Å². The largest absolute Gasteiger partial charge is 0.379 e. The summed E-state index contributed by atoms with van der Waals surface area (Å²) in [6.07, 6.45) is 3.77. The normalized spacial score (nSPS) is 10.9. The molecule has 2 heterocycles. The number of aryl methyl sites for hydroxylation is 1. The molecule has 0 aliphatic carbocycles. The number of benzene rings is 1. The number of thiazole rings is 1. The quantitative estimate of drug-likeness (QED) is 0.782. The Balaban J connectivity index is 1.76. The van der Waals surface area contributed by atoms with Crippen molar-refractivity contribution in [3.05, 3.63) is 41.9 Å². The summed E-state index contributed by atoms with van der Waals surface area (Å²) in [5.74, 6) is 0. The van der Waals surface area contributed by atoms with E-state index in [1.165, 1.54) is 10.4 Å². The Morgan fingerprint density at radius 1 is 1.39 bits per heavy atom. The second-order valence-corrected chi connectivity index (χ2v) is 4.95. The maximum absolute atomic E-state index is 4.27. The topological polar surface area (TPSA) is 42.7 Å². The zero-order valence-electron chi connectivity index (χ0n) is 10.1. The third-order valence-corrected chi connectivity index (χ3v) is 3.74. The molecule has 0 unspecified atom stereocenters. The second kappa shape index (κ2) is 4.78. The smallest absolute Gasteiger partial charge is 0.0948 e. The van der Waals surface area contributed by atoms with Crippen molar-refractivity contribution >= 4 is 27.2 Å². The molecule has 5 heteroatoms. The first kappa shape index (κ1) is 11.2. The number of hydrogen-bond donors (Lipinski definition) is 1. The lowest BCUT2D eigenvalue weighted by Crippen LogP contribution is -2.05. The van der Waals surface area contributed by atoms with Gasteiger partial charge in [-0.25, -0.2) is 9.97 Å². The number of aromatic nitrogens is 3. The van der Waals surface area contributed by atoms with E-state index in [2.05, 4.69) is 38.9 Å². The zero-order chi connectivity index (χ0) is 12.4. The summed E-state index contributed by atoms with van der Waals surface area (Å²) in [5, 5.41) is 3.42. The average Bonchev–Trinajstić information content (AvgIpc) is 3.04. The van der Waals surface area contributed by atoms with Gasteiger partial charge < -0.3 is 9.88 Å². The van der Waals surface area contributed by atoms with Crippen LogP contribution in [0.1, 0.15) is 12.6 Å². The highest BCUT2D eigenvalue weighted by molar-refractivity contribution is 7.16. The first-order chi connectivity index (χ1) is 8.86. The van der Waals surface area contributed by atoms with E-state index in [1.807, 2.05) is 24.1 Å². The molecule has 0 aliphatic rings. The minimum atomic E-state index is 0.790. The van der Waals surface area contributed by atoms with Crippen LogP contribution in [0.3, 0.4) is 0 Å². The maximum atomic E-state index is 4.27. The van der Waals surface area contributed by atoms with Crippen molar-refractivity contribution in [3.63, 3.8) is 0 Å². The predicted octanol–water partition coefficient (Wildman–Crippen LogP) is 3.12. The van der Waals surface area contributed by atoms with Gasteiger partial charge in [-0.15, -0.1) is 11.3 Å². The summed E-state index contributed by atoms with van der Waals surface area (Å²) in [6, 6.07) is 6.25. The van der Waals surface area contributed by atoms with Gasteiger partial charge in [-0.3, -0.25) is 0 Å². The third kappa shape index (κ3) is 2.09. The first-order valence-corrected chi connectivity index (χ1v) is 6.81. The molecule has 0 aliphatic heterocycles. The molecule has 0 saturated heterocycles. The van der Waals surface area contributed by atoms with Gasteiger partial charge in [-0.05, 0) is 25.1 Å². The van der Waals surface area contributed by atoms with Crippen LogP contribution in [0.2, 0.25) is 0 Å².